The standard InChI is InChI=1S/C18H19BrN2O/c19-18-8-7-16(12-21-18)17(22)10-13-3-5-14(6-4-13)15-2-1-9-20-11-15/h3-8,12,15,20H,1-2,9-11H2/t15-/m1/s1. The van der Waals surface area contributed by atoms with Gasteiger partial charge in [0, 0.05) is 24.7 Å². The number of pyridine rings is 1. The molecule has 0 aliphatic carbocycles. The summed E-state index contributed by atoms with van der Waals surface area (Å²) in [5.41, 5.74) is 3.08. The number of nitrogens with one attached hydrogen (secondary N) is 1. The Hall–Kier alpha value is -1.52. The van der Waals surface area contributed by atoms with Crippen LogP contribution in [0.2, 0.25) is 0 Å². The SMILES string of the molecule is O=C(Cc1ccc([C@@H]2CCCNC2)cc1)c1ccc(Br)nc1. The third kappa shape index (κ3) is 3.81. The molecule has 3 nitrogen and oxygen atoms in total. The summed E-state index contributed by atoms with van der Waals surface area (Å²) >= 11 is 3.28. The molecule has 0 amide bonds. The van der Waals surface area contributed by atoms with Crippen molar-refractivity contribution in [3.05, 3.63) is 63.9 Å². The molecule has 2 heterocycles. The van der Waals surface area contributed by atoms with E-state index in [1.54, 1.807) is 12.3 Å². The second-order valence-electron chi connectivity index (χ2n) is 5.75. The predicted octanol–water partition coefficient (Wildman–Crippen LogP) is 3.74. The molecule has 1 aromatic carbocycles. The molecule has 1 saturated heterocycles. The van der Waals surface area contributed by atoms with Crippen LogP contribution >= 0.6 is 15.9 Å². The van der Waals surface area contributed by atoms with Crippen LogP contribution in [0.1, 0.15) is 40.2 Å². The monoisotopic (exact) mass is 358 g/mol. The van der Waals surface area contributed by atoms with Crippen LogP contribution < -0.4 is 5.32 Å². The predicted molar refractivity (Wildman–Crippen MR) is 91.3 cm³/mol. The van der Waals surface area contributed by atoms with Crippen molar-refractivity contribution in [1.82, 2.24) is 10.3 Å². The van der Waals surface area contributed by atoms with Gasteiger partial charge in [-0.05, 0) is 64.5 Å². The minimum absolute atomic E-state index is 0.104. The van der Waals surface area contributed by atoms with Crippen LogP contribution in [0.3, 0.4) is 0 Å². The van der Waals surface area contributed by atoms with E-state index in [0.717, 1.165) is 23.3 Å². The Kier molecular flexibility index (Phi) is 5.01. The fourth-order valence-corrected chi connectivity index (χ4v) is 3.11. The summed E-state index contributed by atoms with van der Waals surface area (Å²) < 4.78 is 0.745. The third-order valence-corrected chi connectivity index (χ3v) is 4.63. The second-order valence-corrected chi connectivity index (χ2v) is 6.57. The molecule has 22 heavy (non-hydrogen) atoms. The Balaban J connectivity index is 1.65. The van der Waals surface area contributed by atoms with E-state index < -0.39 is 0 Å². The minimum atomic E-state index is 0.104. The number of carbonyl (C=O) groups excluding carboxylic acids is 1. The summed E-state index contributed by atoms with van der Waals surface area (Å²) in [7, 11) is 0. The maximum Gasteiger partial charge on any atom is 0.168 e. The van der Waals surface area contributed by atoms with Crippen molar-refractivity contribution in [3.63, 3.8) is 0 Å². The summed E-state index contributed by atoms with van der Waals surface area (Å²) in [4.78, 5) is 16.4. The smallest absolute Gasteiger partial charge is 0.168 e. The van der Waals surface area contributed by atoms with Crippen molar-refractivity contribution in [1.29, 1.82) is 0 Å². The number of carbonyl (C=O) groups is 1. The molecule has 0 unspecified atom stereocenters. The number of hydrogen-bond donors (Lipinski definition) is 1. The van der Waals surface area contributed by atoms with Crippen LogP contribution in [0.4, 0.5) is 0 Å². The molecule has 1 aliphatic rings. The lowest BCUT2D eigenvalue weighted by Crippen LogP contribution is -2.28. The number of ketones is 1. The number of Topliss-reactive ketones (excluding diaryl/α,β-unsaturated/α-hetero) is 1. The Bertz CT molecular complexity index is 631. The maximum absolute atomic E-state index is 12.2. The van der Waals surface area contributed by atoms with E-state index in [2.05, 4.69) is 50.5 Å². The molecule has 1 atom stereocenters. The third-order valence-electron chi connectivity index (χ3n) is 4.16. The van der Waals surface area contributed by atoms with E-state index in [-0.39, 0.29) is 5.78 Å². The molecule has 2 aromatic rings. The van der Waals surface area contributed by atoms with Crippen molar-refractivity contribution >= 4 is 21.7 Å². The van der Waals surface area contributed by atoms with E-state index in [9.17, 15) is 4.79 Å². The van der Waals surface area contributed by atoms with Crippen LogP contribution in [0.5, 0.6) is 0 Å². The molecular weight excluding hydrogens is 340 g/mol. The summed E-state index contributed by atoms with van der Waals surface area (Å²) in [5.74, 6) is 0.709. The van der Waals surface area contributed by atoms with Gasteiger partial charge in [0.25, 0.3) is 0 Å². The quantitative estimate of drug-likeness (QED) is 0.668. The lowest BCUT2D eigenvalue weighted by atomic mass is 9.90. The maximum atomic E-state index is 12.2. The molecule has 1 fully saturated rings. The van der Waals surface area contributed by atoms with Crippen LogP contribution in [-0.2, 0) is 6.42 Å². The number of rotatable bonds is 4. The van der Waals surface area contributed by atoms with Gasteiger partial charge in [0.2, 0.25) is 0 Å². The van der Waals surface area contributed by atoms with Crippen molar-refractivity contribution in [2.45, 2.75) is 25.2 Å². The zero-order valence-electron chi connectivity index (χ0n) is 12.4. The van der Waals surface area contributed by atoms with E-state index in [1.165, 1.54) is 18.4 Å². The molecule has 1 aromatic heterocycles. The van der Waals surface area contributed by atoms with Crippen molar-refractivity contribution in [3.8, 4) is 0 Å². The van der Waals surface area contributed by atoms with Gasteiger partial charge >= 0.3 is 0 Å². The van der Waals surface area contributed by atoms with E-state index in [1.807, 2.05) is 6.07 Å². The van der Waals surface area contributed by atoms with Gasteiger partial charge in [-0.25, -0.2) is 4.98 Å². The summed E-state index contributed by atoms with van der Waals surface area (Å²) in [6, 6.07) is 12.1. The van der Waals surface area contributed by atoms with Gasteiger partial charge < -0.3 is 5.32 Å². The molecule has 4 heteroatoms. The highest BCUT2D eigenvalue weighted by Crippen LogP contribution is 2.23. The highest BCUT2D eigenvalue weighted by molar-refractivity contribution is 9.10. The zero-order chi connectivity index (χ0) is 15.4. The highest BCUT2D eigenvalue weighted by Gasteiger charge is 2.15. The van der Waals surface area contributed by atoms with Gasteiger partial charge in [0.1, 0.15) is 4.60 Å². The number of benzene rings is 1. The van der Waals surface area contributed by atoms with E-state index >= 15 is 0 Å². The number of aromatic nitrogens is 1. The number of nitrogens with zero attached hydrogens (tertiary/aromatic N) is 1. The molecule has 1 N–H and O–H groups in total. The van der Waals surface area contributed by atoms with Gasteiger partial charge in [-0.2, -0.15) is 0 Å². The molecule has 0 spiro atoms. The van der Waals surface area contributed by atoms with Crippen molar-refractivity contribution in [2.24, 2.45) is 0 Å². The van der Waals surface area contributed by atoms with Crippen molar-refractivity contribution in [2.75, 3.05) is 13.1 Å². The molecule has 0 bridgehead atoms. The van der Waals surface area contributed by atoms with E-state index in [4.69, 9.17) is 0 Å². The van der Waals surface area contributed by atoms with Gasteiger partial charge in [0.15, 0.2) is 5.78 Å². The number of halogens is 1. The average Bonchev–Trinajstić information content (AvgIpc) is 2.57. The van der Waals surface area contributed by atoms with Crippen LogP contribution in [-0.4, -0.2) is 23.9 Å². The Labute approximate surface area is 139 Å². The molecule has 0 saturated carbocycles. The Morgan fingerprint density at radius 3 is 2.68 bits per heavy atom. The van der Waals surface area contributed by atoms with Crippen LogP contribution in [0.15, 0.2) is 47.2 Å². The van der Waals surface area contributed by atoms with Crippen LogP contribution in [0.25, 0.3) is 0 Å². The highest BCUT2D eigenvalue weighted by atomic mass is 79.9. The molecule has 3 rings (SSSR count). The first kappa shape index (κ1) is 15.4. The number of hydrogen-bond acceptors (Lipinski definition) is 3. The minimum Gasteiger partial charge on any atom is -0.316 e. The summed E-state index contributed by atoms with van der Waals surface area (Å²) in [5, 5.41) is 3.44. The normalized spacial score (nSPS) is 18.1. The first-order valence-electron chi connectivity index (χ1n) is 7.67. The van der Waals surface area contributed by atoms with Gasteiger partial charge in [0.05, 0.1) is 0 Å². The first-order valence-corrected chi connectivity index (χ1v) is 8.46. The van der Waals surface area contributed by atoms with Gasteiger partial charge in [-0.1, -0.05) is 24.3 Å². The van der Waals surface area contributed by atoms with Crippen molar-refractivity contribution < 1.29 is 4.79 Å². The van der Waals surface area contributed by atoms with Gasteiger partial charge in [-0.3, -0.25) is 4.79 Å². The number of piperidine rings is 1. The lowest BCUT2D eigenvalue weighted by molar-refractivity contribution is 0.0992. The fourth-order valence-electron chi connectivity index (χ4n) is 2.87. The average molecular weight is 359 g/mol. The van der Waals surface area contributed by atoms with E-state index in [0.29, 0.717) is 17.9 Å². The van der Waals surface area contributed by atoms with Gasteiger partial charge in [-0.15, -0.1) is 0 Å². The topological polar surface area (TPSA) is 42.0 Å². The lowest BCUT2D eigenvalue weighted by Gasteiger charge is -2.23. The summed E-state index contributed by atoms with van der Waals surface area (Å²) in [6.07, 6.45) is 4.53. The Morgan fingerprint density at radius 2 is 2.05 bits per heavy atom. The summed E-state index contributed by atoms with van der Waals surface area (Å²) in [6.45, 7) is 2.19. The molecule has 1 aliphatic heterocycles. The van der Waals surface area contributed by atoms with Crippen LogP contribution in [0, 0.1) is 0 Å². The Morgan fingerprint density at radius 1 is 1.23 bits per heavy atom. The molecule has 114 valence electrons. The largest absolute Gasteiger partial charge is 0.316 e. The fraction of sp³-hybridized carbons (Fsp3) is 0.333. The zero-order valence-corrected chi connectivity index (χ0v) is 14.0. The molecule has 0 radical (unpaired) electrons. The second kappa shape index (κ2) is 7.16. The first-order chi connectivity index (χ1) is 10.7. The molecular formula is C18H19BrN2O.